The number of carbonyl (C=O) groups is 1. The smallest absolute Gasteiger partial charge is 0.302 e. The fourth-order valence-electron chi connectivity index (χ4n) is 1.15. The summed E-state index contributed by atoms with van der Waals surface area (Å²) in [4.78, 5) is 10.6. The summed E-state index contributed by atoms with van der Waals surface area (Å²) in [7, 11) is 0. The summed E-state index contributed by atoms with van der Waals surface area (Å²) in [5, 5.41) is 9.00. The number of ether oxygens (including phenoxy) is 2. The van der Waals surface area contributed by atoms with Crippen LogP contribution in [0.3, 0.4) is 0 Å². The van der Waals surface area contributed by atoms with Crippen molar-refractivity contribution in [3.8, 4) is 0 Å². The van der Waals surface area contributed by atoms with E-state index in [0.29, 0.717) is 6.61 Å². The molecule has 88 valence electrons. The Bertz CT molecular complexity index is 310. The van der Waals surface area contributed by atoms with Gasteiger partial charge in [0, 0.05) is 6.92 Å². The van der Waals surface area contributed by atoms with Crippen LogP contribution in [0.4, 0.5) is 0 Å². The average molecular weight is 224 g/mol. The molecule has 1 N–H and O–H groups in total. The van der Waals surface area contributed by atoms with Crippen LogP contribution < -0.4 is 0 Å². The van der Waals surface area contributed by atoms with E-state index in [4.69, 9.17) is 14.6 Å². The third-order valence-corrected chi connectivity index (χ3v) is 2.00. The highest BCUT2D eigenvalue weighted by Gasteiger charge is 2.09. The van der Waals surface area contributed by atoms with Crippen LogP contribution in [0.2, 0.25) is 0 Å². The maximum atomic E-state index is 10.6. The molecule has 1 rings (SSSR count). The van der Waals surface area contributed by atoms with Gasteiger partial charge in [0.2, 0.25) is 0 Å². The molecule has 0 bridgehead atoms. The Kier molecular flexibility index (Phi) is 5.53. The second kappa shape index (κ2) is 6.98. The van der Waals surface area contributed by atoms with E-state index < -0.39 is 6.10 Å². The van der Waals surface area contributed by atoms with Gasteiger partial charge in [-0.2, -0.15) is 0 Å². The van der Waals surface area contributed by atoms with Crippen LogP contribution in [-0.4, -0.2) is 30.4 Å². The van der Waals surface area contributed by atoms with Crippen molar-refractivity contribution in [3.63, 3.8) is 0 Å². The van der Waals surface area contributed by atoms with Crippen molar-refractivity contribution in [1.29, 1.82) is 0 Å². The van der Waals surface area contributed by atoms with E-state index in [1.165, 1.54) is 6.92 Å². The van der Waals surface area contributed by atoms with E-state index in [-0.39, 0.29) is 19.2 Å². The van der Waals surface area contributed by atoms with Gasteiger partial charge < -0.3 is 14.6 Å². The van der Waals surface area contributed by atoms with Gasteiger partial charge in [0.05, 0.1) is 13.2 Å². The quantitative estimate of drug-likeness (QED) is 0.736. The molecule has 4 heteroatoms. The van der Waals surface area contributed by atoms with Crippen LogP contribution in [0.5, 0.6) is 0 Å². The third-order valence-electron chi connectivity index (χ3n) is 2.00. The number of aliphatic hydroxyl groups is 1. The summed E-state index contributed by atoms with van der Waals surface area (Å²) < 4.78 is 10.2. The van der Waals surface area contributed by atoms with Gasteiger partial charge in [0.15, 0.2) is 0 Å². The third kappa shape index (κ3) is 4.91. The molecule has 0 aliphatic carbocycles. The second-order valence-corrected chi connectivity index (χ2v) is 3.40. The molecule has 0 radical (unpaired) electrons. The molecule has 0 aliphatic rings. The first kappa shape index (κ1) is 12.7. The van der Waals surface area contributed by atoms with E-state index in [0.717, 1.165) is 5.56 Å². The minimum absolute atomic E-state index is 0.0820. The van der Waals surface area contributed by atoms with Crippen LogP contribution >= 0.6 is 0 Å². The molecule has 16 heavy (non-hydrogen) atoms. The van der Waals surface area contributed by atoms with Gasteiger partial charge in [-0.25, -0.2) is 0 Å². The van der Waals surface area contributed by atoms with Crippen LogP contribution in [0, 0.1) is 0 Å². The summed E-state index contributed by atoms with van der Waals surface area (Å²) >= 11 is 0. The van der Waals surface area contributed by atoms with Crippen molar-refractivity contribution in [2.24, 2.45) is 0 Å². The van der Waals surface area contributed by atoms with Crippen molar-refractivity contribution in [1.82, 2.24) is 0 Å². The lowest BCUT2D eigenvalue weighted by Crippen LogP contribution is -2.25. The minimum Gasteiger partial charge on any atom is -0.463 e. The summed E-state index contributed by atoms with van der Waals surface area (Å²) in [6, 6.07) is 9.61. The van der Waals surface area contributed by atoms with Gasteiger partial charge in [-0.3, -0.25) is 4.79 Å². The van der Waals surface area contributed by atoms with Crippen LogP contribution in [-0.2, 0) is 20.9 Å². The lowest BCUT2D eigenvalue weighted by atomic mass is 10.2. The SMILES string of the molecule is CC(=O)OC[C@@H](CO)OCc1ccccc1. The standard InChI is InChI=1S/C12H16O4/c1-10(14)15-9-12(7-13)16-8-11-5-3-2-4-6-11/h2-6,12-13H,7-9H2,1H3/t12-/m1/s1. The largest absolute Gasteiger partial charge is 0.463 e. The zero-order chi connectivity index (χ0) is 11.8. The van der Waals surface area contributed by atoms with E-state index in [1.807, 2.05) is 30.3 Å². The van der Waals surface area contributed by atoms with Gasteiger partial charge in [-0.1, -0.05) is 30.3 Å². The summed E-state index contributed by atoms with van der Waals surface area (Å²) in [6.45, 7) is 1.64. The van der Waals surface area contributed by atoms with Crippen LogP contribution in [0.15, 0.2) is 30.3 Å². The van der Waals surface area contributed by atoms with Gasteiger partial charge in [-0.05, 0) is 5.56 Å². The van der Waals surface area contributed by atoms with Gasteiger partial charge in [0.1, 0.15) is 12.7 Å². The Morgan fingerprint density at radius 2 is 2.06 bits per heavy atom. The first-order chi connectivity index (χ1) is 7.72. The number of carbonyl (C=O) groups excluding carboxylic acids is 1. The van der Waals surface area contributed by atoms with Crippen molar-refractivity contribution in [2.75, 3.05) is 13.2 Å². The number of esters is 1. The molecule has 0 unspecified atom stereocenters. The number of hydrogen-bond donors (Lipinski definition) is 1. The topological polar surface area (TPSA) is 55.8 Å². The monoisotopic (exact) mass is 224 g/mol. The van der Waals surface area contributed by atoms with E-state index >= 15 is 0 Å². The van der Waals surface area contributed by atoms with E-state index in [1.54, 1.807) is 0 Å². The van der Waals surface area contributed by atoms with Gasteiger partial charge in [0.25, 0.3) is 0 Å². The first-order valence-corrected chi connectivity index (χ1v) is 5.12. The minimum atomic E-state index is -0.468. The fraction of sp³-hybridized carbons (Fsp3) is 0.417. The lowest BCUT2D eigenvalue weighted by Gasteiger charge is -2.14. The van der Waals surface area contributed by atoms with Crippen LogP contribution in [0.1, 0.15) is 12.5 Å². The Labute approximate surface area is 94.8 Å². The average Bonchev–Trinajstić information content (AvgIpc) is 2.30. The van der Waals surface area contributed by atoms with Gasteiger partial charge in [-0.15, -0.1) is 0 Å². The van der Waals surface area contributed by atoms with Crippen molar-refractivity contribution in [3.05, 3.63) is 35.9 Å². The van der Waals surface area contributed by atoms with Gasteiger partial charge >= 0.3 is 5.97 Å². The Balaban J connectivity index is 2.31. The highest BCUT2D eigenvalue weighted by molar-refractivity contribution is 5.65. The first-order valence-electron chi connectivity index (χ1n) is 5.12. The lowest BCUT2D eigenvalue weighted by molar-refractivity contribution is -0.146. The molecule has 0 spiro atoms. The highest BCUT2D eigenvalue weighted by Crippen LogP contribution is 2.03. The normalized spacial score (nSPS) is 12.1. The van der Waals surface area contributed by atoms with Crippen LogP contribution in [0.25, 0.3) is 0 Å². The molecule has 0 aromatic heterocycles. The Morgan fingerprint density at radius 1 is 1.38 bits per heavy atom. The fourth-order valence-corrected chi connectivity index (χ4v) is 1.15. The zero-order valence-electron chi connectivity index (χ0n) is 9.26. The predicted molar refractivity (Wildman–Crippen MR) is 58.7 cm³/mol. The molecule has 0 fully saturated rings. The molecule has 1 aromatic rings. The number of aliphatic hydroxyl groups excluding tert-OH is 1. The van der Waals surface area contributed by atoms with Crippen molar-refractivity contribution in [2.45, 2.75) is 19.6 Å². The molecule has 4 nitrogen and oxygen atoms in total. The Morgan fingerprint density at radius 3 is 2.62 bits per heavy atom. The maximum absolute atomic E-state index is 10.6. The molecule has 1 aromatic carbocycles. The molecule has 0 amide bonds. The number of hydrogen-bond acceptors (Lipinski definition) is 4. The predicted octanol–water partition coefficient (Wildman–Crippen LogP) is 1.13. The van der Waals surface area contributed by atoms with Crippen molar-refractivity contribution >= 4 is 5.97 Å². The molecular formula is C12H16O4. The van der Waals surface area contributed by atoms with Crippen molar-refractivity contribution < 1.29 is 19.4 Å². The summed E-state index contributed by atoms with van der Waals surface area (Å²) in [5.41, 5.74) is 1.02. The number of benzene rings is 1. The molecule has 0 heterocycles. The van der Waals surface area contributed by atoms with E-state index in [9.17, 15) is 4.79 Å². The van der Waals surface area contributed by atoms with E-state index in [2.05, 4.69) is 0 Å². The maximum Gasteiger partial charge on any atom is 0.302 e. The molecule has 0 saturated carbocycles. The highest BCUT2D eigenvalue weighted by atomic mass is 16.6. The molecule has 0 aliphatic heterocycles. The zero-order valence-corrected chi connectivity index (χ0v) is 9.26. The molecular weight excluding hydrogens is 208 g/mol. The summed E-state index contributed by atoms with van der Waals surface area (Å²) in [6.07, 6.45) is -0.468. The summed E-state index contributed by atoms with van der Waals surface area (Å²) in [5.74, 6) is -0.373. The second-order valence-electron chi connectivity index (χ2n) is 3.40. The number of rotatable bonds is 6. The molecule has 0 saturated heterocycles. The Hall–Kier alpha value is -1.39. The molecule has 1 atom stereocenters.